The van der Waals surface area contributed by atoms with Crippen molar-refractivity contribution in [1.82, 2.24) is 9.80 Å². The van der Waals surface area contributed by atoms with E-state index in [1.165, 1.54) is 0 Å². The van der Waals surface area contributed by atoms with Crippen LogP contribution in [0.1, 0.15) is 0 Å². The molecular weight excluding hydrogens is 286 g/mol. The summed E-state index contributed by atoms with van der Waals surface area (Å²) >= 11 is 0. The minimum Gasteiger partial charge on any atom is -0.395 e. The average Bonchev–Trinajstić information content (AvgIpc) is 2.53. The van der Waals surface area contributed by atoms with Crippen LogP contribution in [0.2, 0.25) is 0 Å². The highest BCUT2D eigenvalue weighted by atomic mass is 16.3. The third kappa shape index (κ3) is 5.98. The summed E-state index contributed by atoms with van der Waals surface area (Å²) in [6.45, 7) is 0.887. The van der Waals surface area contributed by atoms with E-state index in [0.29, 0.717) is 32.1 Å². The van der Waals surface area contributed by atoms with Gasteiger partial charge in [-0.05, 0) is 12.1 Å². The van der Waals surface area contributed by atoms with Gasteiger partial charge in [0.05, 0.1) is 32.1 Å². The zero-order valence-corrected chi connectivity index (χ0v) is 12.7. The minimum atomic E-state index is -0.0834. The average molecular weight is 311 g/mol. The molecule has 0 fully saturated rings. The Balaban J connectivity index is 3.13. The second kappa shape index (κ2) is 11.0. The number of para-hydroxylation sites is 1. The summed E-state index contributed by atoms with van der Waals surface area (Å²) in [7, 11) is 0. The molecule has 0 atom stereocenters. The Bertz CT molecular complexity index is 398. The Morgan fingerprint density at radius 1 is 0.727 bits per heavy atom. The van der Waals surface area contributed by atoms with Crippen LogP contribution in [0, 0.1) is 0 Å². The van der Waals surface area contributed by atoms with E-state index in [-0.39, 0.29) is 26.4 Å². The molecule has 0 heterocycles. The van der Waals surface area contributed by atoms with Crippen molar-refractivity contribution in [1.29, 1.82) is 0 Å². The number of nitrogens with zero attached hydrogens (tertiary/aromatic N) is 3. The Morgan fingerprint density at radius 2 is 1.14 bits per heavy atom. The largest absolute Gasteiger partial charge is 0.395 e. The monoisotopic (exact) mass is 311 g/mol. The SMILES string of the molecule is OCCN(CCO)C(=Nc1ccccc1)N(CCO)CCO. The van der Waals surface area contributed by atoms with Gasteiger partial charge in [-0.2, -0.15) is 0 Å². The third-order valence-electron chi connectivity index (χ3n) is 3.03. The van der Waals surface area contributed by atoms with Gasteiger partial charge in [-0.1, -0.05) is 18.2 Å². The molecule has 0 aliphatic carbocycles. The van der Waals surface area contributed by atoms with E-state index >= 15 is 0 Å². The molecule has 0 saturated carbocycles. The van der Waals surface area contributed by atoms with Crippen molar-refractivity contribution in [2.45, 2.75) is 0 Å². The fourth-order valence-electron chi connectivity index (χ4n) is 2.07. The summed E-state index contributed by atoms with van der Waals surface area (Å²) < 4.78 is 0. The fraction of sp³-hybridized carbons (Fsp3) is 0.533. The van der Waals surface area contributed by atoms with E-state index in [1.54, 1.807) is 9.80 Å². The smallest absolute Gasteiger partial charge is 0.202 e. The second-order valence-corrected chi connectivity index (χ2v) is 4.62. The lowest BCUT2D eigenvalue weighted by Gasteiger charge is -2.33. The first-order chi connectivity index (χ1) is 10.8. The van der Waals surface area contributed by atoms with E-state index in [9.17, 15) is 20.4 Å². The van der Waals surface area contributed by atoms with Gasteiger partial charge in [0, 0.05) is 26.2 Å². The lowest BCUT2D eigenvalue weighted by molar-refractivity contribution is 0.173. The second-order valence-electron chi connectivity index (χ2n) is 4.62. The van der Waals surface area contributed by atoms with Crippen molar-refractivity contribution in [3.05, 3.63) is 30.3 Å². The lowest BCUT2D eigenvalue weighted by Crippen LogP contribution is -2.48. The van der Waals surface area contributed by atoms with Crippen molar-refractivity contribution < 1.29 is 20.4 Å². The number of hydrogen-bond acceptors (Lipinski definition) is 5. The standard InChI is InChI=1S/C15H25N3O4/c19-10-6-17(7-11-20)15(18(8-12-21)9-13-22)16-14-4-2-1-3-5-14/h1-5,19-22H,6-13H2. The van der Waals surface area contributed by atoms with Crippen LogP contribution in [-0.2, 0) is 0 Å². The Hall–Kier alpha value is -1.67. The molecular formula is C15H25N3O4. The number of hydrogen-bond donors (Lipinski definition) is 4. The minimum absolute atomic E-state index is 0.0834. The predicted molar refractivity (Wildman–Crippen MR) is 85.0 cm³/mol. The van der Waals surface area contributed by atoms with Crippen LogP contribution in [0.4, 0.5) is 5.69 Å². The van der Waals surface area contributed by atoms with E-state index in [1.807, 2.05) is 30.3 Å². The van der Waals surface area contributed by atoms with Crippen LogP contribution in [0.5, 0.6) is 0 Å². The van der Waals surface area contributed by atoms with Crippen molar-refractivity contribution in [3.8, 4) is 0 Å². The van der Waals surface area contributed by atoms with Crippen LogP contribution in [0.25, 0.3) is 0 Å². The summed E-state index contributed by atoms with van der Waals surface area (Å²) in [5.41, 5.74) is 0.722. The van der Waals surface area contributed by atoms with Gasteiger partial charge in [0.25, 0.3) is 0 Å². The van der Waals surface area contributed by atoms with Gasteiger partial charge in [-0.25, -0.2) is 4.99 Å². The highest BCUT2D eigenvalue weighted by Gasteiger charge is 2.18. The van der Waals surface area contributed by atoms with Crippen LogP contribution >= 0.6 is 0 Å². The molecule has 7 heteroatoms. The number of benzene rings is 1. The predicted octanol–water partition coefficient (Wildman–Crippen LogP) is -0.753. The van der Waals surface area contributed by atoms with Gasteiger partial charge in [-0.15, -0.1) is 0 Å². The highest BCUT2D eigenvalue weighted by Crippen LogP contribution is 2.13. The van der Waals surface area contributed by atoms with Crippen LogP contribution in [0.3, 0.4) is 0 Å². The van der Waals surface area contributed by atoms with Gasteiger partial charge >= 0.3 is 0 Å². The van der Waals surface area contributed by atoms with E-state index in [2.05, 4.69) is 4.99 Å². The molecule has 7 nitrogen and oxygen atoms in total. The molecule has 124 valence electrons. The fourth-order valence-corrected chi connectivity index (χ4v) is 2.07. The summed E-state index contributed by atoms with van der Waals surface area (Å²) in [5, 5.41) is 36.9. The number of aliphatic hydroxyl groups is 4. The van der Waals surface area contributed by atoms with Crippen molar-refractivity contribution >= 4 is 11.6 Å². The summed E-state index contributed by atoms with van der Waals surface area (Å²) in [4.78, 5) is 8.03. The third-order valence-corrected chi connectivity index (χ3v) is 3.03. The van der Waals surface area contributed by atoms with E-state index < -0.39 is 0 Å². The molecule has 0 bridgehead atoms. The van der Waals surface area contributed by atoms with Crippen molar-refractivity contribution in [3.63, 3.8) is 0 Å². The van der Waals surface area contributed by atoms with Gasteiger partial charge in [0.2, 0.25) is 5.96 Å². The molecule has 0 amide bonds. The Morgan fingerprint density at radius 3 is 1.50 bits per heavy atom. The maximum absolute atomic E-state index is 9.22. The normalized spacial score (nSPS) is 10.4. The number of aliphatic imine (C=N–C) groups is 1. The zero-order valence-electron chi connectivity index (χ0n) is 12.7. The summed E-state index contributed by atoms with van der Waals surface area (Å²) in [6, 6.07) is 9.29. The van der Waals surface area contributed by atoms with Crippen LogP contribution in [-0.4, -0.2) is 88.8 Å². The zero-order chi connectivity index (χ0) is 16.2. The number of guanidine groups is 1. The Labute approximate surface area is 130 Å². The first-order valence-electron chi connectivity index (χ1n) is 7.33. The van der Waals surface area contributed by atoms with Gasteiger partial charge < -0.3 is 30.2 Å². The first kappa shape index (κ1) is 18.4. The van der Waals surface area contributed by atoms with E-state index in [0.717, 1.165) is 5.69 Å². The molecule has 1 aromatic carbocycles. The molecule has 1 rings (SSSR count). The topological polar surface area (TPSA) is 99.8 Å². The molecule has 1 aromatic rings. The molecule has 0 spiro atoms. The number of aliphatic hydroxyl groups excluding tert-OH is 4. The van der Waals surface area contributed by atoms with E-state index in [4.69, 9.17) is 0 Å². The maximum atomic E-state index is 9.22. The molecule has 0 saturated heterocycles. The van der Waals surface area contributed by atoms with Crippen molar-refractivity contribution in [2.24, 2.45) is 4.99 Å². The first-order valence-corrected chi connectivity index (χ1v) is 7.33. The molecule has 0 unspecified atom stereocenters. The van der Waals surface area contributed by atoms with Crippen LogP contribution < -0.4 is 0 Å². The molecule has 0 aliphatic heterocycles. The summed E-state index contributed by atoms with van der Waals surface area (Å²) in [6.07, 6.45) is 0. The quantitative estimate of drug-likeness (QED) is 0.354. The Kier molecular flexibility index (Phi) is 9.17. The highest BCUT2D eigenvalue weighted by molar-refractivity contribution is 5.83. The molecule has 0 aliphatic rings. The molecule has 0 radical (unpaired) electrons. The molecule has 22 heavy (non-hydrogen) atoms. The van der Waals surface area contributed by atoms with Gasteiger partial charge in [0.15, 0.2) is 0 Å². The van der Waals surface area contributed by atoms with Gasteiger partial charge in [0.1, 0.15) is 0 Å². The summed E-state index contributed by atoms with van der Waals surface area (Å²) in [5.74, 6) is 0.511. The molecule has 4 N–H and O–H groups in total. The van der Waals surface area contributed by atoms with Gasteiger partial charge in [-0.3, -0.25) is 0 Å². The number of rotatable bonds is 9. The maximum Gasteiger partial charge on any atom is 0.202 e. The van der Waals surface area contributed by atoms with Crippen LogP contribution in [0.15, 0.2) is 35.3 Å². The van der Waals surface area contributed by atoms with Crippen molar-refractivity contribution in [2.75, 3.05) is 52.6 Å². The lowest BCUT2D eigenvalue weighted by atomic mass is 10.3. The molecule has 0 aromatic heterocycles.